The van der Waals surface area contributed by atoms with Gasteiger partial charge in [0.1, 0.15) is 5.75 Å². The van der Waals surface area contributed by atoms with Gasteiger partial charge in [0.05, 0.1) is 12.1 Å². The minimum absolute atomic E-state index is 0.0920. The number of hydrogen-bond donors (Lipinski definition) is 2. The number of benzene rings is 1. The summed E-state index contributed by atoms with van der Waals surface area (Å²) in [6, 6.07) is 5.72. The van der Waals surface area contributed by atoms with Gasteiger partial charge in [-0.2, -0.15) is 0 Å². The molecule has 1 aromatic rings. The molecule has 8 heteroatoms. The third-order valence-corrected chi connectivity index (χ3v) is 5.85. The average Bonchev–Trinajstić information content (AvgIpc) is 3.20. The molecule has 0 amide bonds. The van der Waals surface area contributed by atoms with E-state index in [-0.39, 0.29) is 29.3 Å². The lowest BCUT2D eigenvalue weighted by atomic mass is 9.54. The summed E-state index contributed by atoms with van der Waals surface area (Å²) in [5.74, 6) is 0.319. The van der Waals surface area contributed by atoms with Gasteiger partial charge in [-0.15, -0.1) is 13.2 Å². The van der Waals surface area contributed by atoms with Crippen LogP contribution in [0.25, 0.3) is 0 Å². The molecule has 3 unspecified atom stereocenters. The quantitative estimate of drug-likeness (QED) is 0.630. The van der Waals surface area contributed by atoms with Crippen LogP contribution in [0.5, 0.6) is 5.75 Å². The average molecular weight is 369 g/mol. The Hall–Kier alpha value is -1.96. The van der Waals surface area contributed by atoms with Crippen molar-refractivity contribution in [3.05, 3.63) is 24.3 Å². The largest absolute Gasteiger partial charge is 0.573 e. The van der Waals surface area contributed by atoms with Gasteiger partial charge in [0.15, 0.2) is 5.96 Å². The number of guanidine groups is 1. The van der Waals surface area contributed by atoms with Crippen LogP contribution in [0.4, 0.5) is 18.9 Å². The SMILES string of the molecule is NC(=NC1C2CCOC2C12CCCC2)Nc1cccc(OC(F)(F)F)c1. The van der Waals surface area contributed by atoms with E-state index in [1.165, 1.54) is 31.0 Å². The van der Waals surface area contributed by atoms with Crippen molar-refractivity contribution in [3.63, 3.8) is 0 Å². The van der Waals surface area contributed by atoms with Crippen molar-refractivity contribution < 1.29 is 22.6 Å². The maximum atomic E-state index is 12.4. The van der Waals surface area contributed by atoms with Gasteiger partial charge in [0.25, 0.3) is 0 Å². The van der Waals surface area contributed by atoms with Crippen LogP contribution in [0.1, 0.15) is 32.1 Å². The van der Waals surface area contributed by atoms with Crippen molar-refractivity contribution in [2.24, 2.45) is 22.1 Å². The van der Waals surface area contributed by atoms with E-state index in [1.54, 1.807) is 6.07 Å². The molecule has 1 spiro atoms. The zero-order valence-electron chi connectivity index (χ0n) is 14.3. The van der Waals surface area contributed by atoms with Gasteiger partial charge in [-0.25, -0.2) is 4.99 Å². The van der Waals surface area contributed by atoms with Gasteiger partial charge in [-0.1, -0.05) is 18.9 Å². The fraction of sp³-hybridized carbons (Fsp3) is 0.611. The minimum Gasteiger partial charge on any atom is -0.406 e. The summed E-state index contributed by atoms with van der Waals surface area (Å²) in [6.07, 6.45) is 1.12. The molecular weight excluding hydrogens is 347 g/mol. The van der Waals surface area contributed by atoms with Crippen LogP contribution in [-0.2, 0) is 4.74 Å². The number of nitrogens with two attached hydrogens (primary N) is 1. The highest BCUT2D eigenvalue weighted by Gasteiger charge is 2.65. The maximum Gasteiger partial charge on any atom is 0.573 e. The lowest BCUT2D eigenvalue weighted by molar-refractivity contribution is -0.274. The number of anilines is 1. The number of rotatable bonds is 3. The summed E-state index contributed by atoms with van der Waals surface area (Å²) in [4.78, 5) is 4.70. The molecule has 3 N–H and O–H groups in total. The van der Waals surface area contributed by atoms with E-state index in [0.717, 1.165) is 25.9 Å². The van der Waals surface area contributed by atoms with Gasteiger partial charge < -0.3 is 20.5 Å². The Kier molecular flexibility index (Phi) is 4.25. The first-order chi connectivity index (χ1) is 12.4. The van der Waals surface area contributed by atoms with Crippen molar-refractivity contribution in [3.8, 4) is 5.75 Å². The highest BCUT2D eigenvalue weighted by atomic mass is 19.4. The number of alkyl halides is 3. The molecule has 2 aliphatic carbocycles. The number of ether oxygens (including phenoxy) is 2. The van der Waals surface area contributed by atoms with E-state index in [1.807, 2.05) is 0 Å². The summed E-state index contributed by atoms with van der Waals surface area (Å²) in [6.45, 7) is 0.771. The number of fused-ring (bicyclic) bond motifs is 2. The number of nitrogens with one attached hydrogen (secondary N) is 1. The molecule has 1 heterocycles. The fourth-order valence-electron chi connectivity index (χ4n) is 4.94. The van der Waals surface area contributed by atoms with Gasteiger partial charge in [-0.05, 0) is 31.4 Å². The number of halogens is 3. The summed E-state index contributed by atoms with van der Waals surface area (Å²) in [5.41, 5.74) is 6.56. The van der Waals surface area contributed by atoms with Crippen LogP contribution in [0.15, 0.2) is 29.3 Å². The first kappa shape index (κ1) is 17.5. The van der Waals surface area contributed by atoms with E-state index in [0.29, 0.717) is 11.6 Å². The molecule has 1 aliphatic heterocycles. The van der Waals surface area contributed by atoms with Crippen LogP contribution in [-0.4, -0.2) is 31.1 Å². The van der Waals surface area contributed by atoms with Gasteiger partial charge in [-0.3, -0.25) is 0 Å². The molecule has 3 fully saturated rings. The third-order valence-electron chi connectivity index (χ3n) is 5.85. The topological polar surface area (TPSA) is 68.9 Å². The first-order valence-corrected chi connectivity index (χ1v) is 8.95. The standard InChI is InChI=1S/C18H22F3N3O2/c19-18(20,21)26-12-5-3-4-11(10-12)23-16(22)24-14-13-6-9-25-15(13)17(14)7-1-2-8-17/h3-5,10,13-15H,1-2,6-9H2,(H3,22,23,24). The second kappa shape index (κ2) is 6.33. The number of aliphatic imine (C=N–C) groups is 1. The highest BCUT2D eigenvalue weighted by Crippen LogP contribution is 2.62. The van der Waals surface area contributed by atoms with E-state index in [2.05, 4.69) is 10.1 Å². The van der Waals surface area contributed by atoms with Crippen LogP contribution in [0.2, 0.25) is 0 Å². The van der Waals surface area contributed by atoms with E-state index in [4.69, 9.17) is 15.5 Å². The van der Waals surface area contributed by atoms with Crippen molar-refractivity contribution >= 4 is 11.6 Å². The molecule has 3 atom stereocenters. The van der Waals surface area contributed by atoms with Gasteiger partial charge >= 0.3 is 6.36 Å². The molecule has 2 saturated carbocycles. The second-order valence-electron chi connectivity index (χ2n) is 7.34. The zero-order chi connectivity index (χ0) is 18.4. The van der Waals surface area contributed by atoms with Crippen molar-refractivity contribution in [1.29, 1.82) is 0 Å². The minimum atomic E-state index is -4.73. The second-order valence-corrected chi connectivity index (χ2v) is 7.34. The van der Waals surface area contributed by atoms with Crippen LogP contribution in [0, 0.1) is 11.3 Å². The summed E-state index contributed by atoms with van der Waals surface area (Å²) >= 11 is 0. The Morgan fingerprint density at radius 3 is 2.81 bits per heavy atom. The molecule has 0 radical (unpaired) electrons. The summed E-state index contributed by atoms with van der Waals surface area (Å²) in [7, 11) is 0. The van der Waals surface area contributed by atoms with Gasteiger partial charge in [0.2, 0.25) is 0 Å². The molecule has 1 saturated heterocycles. The fourth-order valence-corrected chi connectivity index (χ4v) is 4.94. The maximum absolute atomic E-state index is 12.4. The molecule has 0 aromatic heterocycles. The third kappa shape index (κ3) is 3.11. The van der Waals surface area contributed by atoms with E-state index >= 15 is 0 Å². The van der Waals surface area contributed by atoms with E-state index in [9.17, 15) is 13.2 Å². The Labute approximate surface area is 149 Å². The Bertz CT molecular complexity index is 701. The molecule has 142 valence electrons. The Morgan fingerprint density at radius 1 is 1.31 bits per heavy atom. The lowest BCUT2D eigenvalue weighted by Gasteiger charge is -2.54. The summed E-state index contributed by atoms with van der Waals surface area (Å²) < 4.78 is 46.9. The number of hydrogen-bond acceptors (Lipinski definition) is 3. The first-order valence-electron chi connectivity index (χ1n) is 8.95. The van der Waals surface area contributed by atoms with Crippen LogP contribution in [0.3, 0.4) is 0 Å². The molecular formula is C18H22F3N3O2. The Morgan fingerprint density at radius 2 is 2.08 bits per heavy atom. The Balaban J connectivity index is 1.48. The smallest absolute Gasteiger partial charge is 0.406 e. The lowest BCUT2D eigenvalue weighted by Crippen LogP contribution is -2.61. The predicted molar refractivity (Wildman–Crippen MR) is 90.9 cm³/mol. The monoisotopic (exact) mass is 369 g/mol. The number of nitrogens with zero attached hydrogens (tertiary/aromatic N) is 1. The van der Waals surface area contributed by atoms with Crippen molar-refractivity contribution in [1.82, 2.24) is 0 Å². The normalized spacial score (nSPS) is 30.1. The molecule has 0 bridgehead atoms. The molecule has 5 nitrogen and oxygen atoms in total. The van der Waals surface area contributed by atoms with Crippen molar-refractivity contribution in [2.45, 2.75) is 50.6 Å². The molecule has 4 rings (SSSR count). The van der Waals surface area contributed by atoms with Crippen molar-refractivity contribution in [2.75, 3.05) is 11.9 Å². The predicted octanol–water partition coefficient (Wildman–Crippen LogP) is 3.66. The van der Waals surface area contributed by atoms with Crippen LogP contribution < -0.4 is 15.8 Å². The molecule has 26 heavy (non-hydrogen) atoms. The highest BCUT2D eigenvalue weighted by molar-refractivity contribution is 5.92. The molecule has 3 aliphatic rings. The summed E-state index contributed by atoms with van der Waals surface area (Å²) in [5, 5.41) is 2.89. The van der Waals surface area contributed by atoms with Gasteiger partial charge in [0, 0.05) is 29.7 Å². The van der Waals surface area contributed by atoms with Crippen LogP contribution >= 0.6 is 0 Å². The zero-order valence-corrected chi connectivity index (χ0v) is 14.3. The molecule has 1 aromatic carbocycles. The van der Waals surface area contributed by atoms with E-state index < -0.39 is 6.36 Å².